The average molecular weight is 374 g/mol. The highest BCUT2D eigenvalue weighted by atomic mass is 35.5. The van der Waals surface area contributed by atoms with E-state index in [1.807, 2.05) is 43.3 Å². The Kier molecular flexibility index (Phi) is 6.81. The van der Waals surface area contributed by atoms with Crippen molar-refractivity contribution in [2.24, 2.45) is 5.73 Å². The molecule has 140 valence electrons. The molecule has 5 heteroatoms. The normalized spacial score (nSPS) is 21.1. The average Bonchev–Trinajstić information content (AvgIpc) is 3.00. The molecule has 26 heavy (non-hydrogen) atoms. The molecule has 0 aromatic heterocycles. The first-order valence-corrected chi connectivity index (χ1v) is 8.88. The van der Waals surface area contributed by atoms with E-state index in [1.54, 1.807) is 0 Å². The van der Waals surface area contributed by atoms with Crippen LogP contribution < -0.4 is 11.1 Å². The second-order valence-corrected chi connectivity index (χ2v) is 7.10. The van der Waals surface area contributed by atoms with Crippen LogP contribution in [0.3, 0.4) is 0 Å². The number of hydrogen-bond acceptors (Lipinski definition) is 3. The van der Waals surface area contributed by atoms with Crippen molar-refractivity contribution >= 4 is 24.0 Å². The van der Waals surface area contributed by atoms with Crippen LogP contribution in [-0.2, 0) is 4.79 Å². The van der Waals surface area contributed by atoms with Crippen molar-refractivity contribution in [2.45, 2.75) is 38.8 Å². The van der Waals surface area contributed by atoms with E-state index in [0.717, 1.165) is 18.8 Å². The summed E-state index contributed by atoms with van der Waals surface area (Å²) in [5.74, 6) is 0.294. The SMILES string of the molecule is Cc1ccc(NC(=O)C(C)N2C[C@@H](N)[C@H](c3ccccc3)C2)cc1C.Cl. The number of hydrogen-bond donors (Lipinski definition) is 2. The van der Waals surface area contributed by atoms with Gasteiger partial charge in [-0.15, -0.1) is 12.4 Å². The Labute approximate surface area is 162 Å². The van der Waals surface area contributed by atoms with Gasteiger partial charge >= 0.3 is 0 Å². The summed E-state index contributed by atoms with van der Waals surface area (Å²) in [6.07, 6.45) is 0. The lowest BCUT2D eigenvalue weighted by Gasteiger charge is -2.23. The molecule has 1 fully saturated rings. The van der Waals surface area contributed by atoms with Gasteiger partial charge in [0.15, 0.2) is 0 Å². The first kappa shape index (κ1) is 20.4. The first-order valence-electron chi connectivity index (χ1n) is 8.88. The molecule has 1 unspecified atom stereocenters. The minimum atomic E-state index is -0.207. The third-order valence-electron chi connectivity index (χ3n) is 5.32. The van der Waals surface area contributed by atoms with Crippen LogP contribution in [0.1, 0.15) is 29.5 Å². The summed E-state index contributed by atoms with van der Waals surface area (Å²) in [4.78, 5) is 14.8. The number of amides is 1. The maximum Gasteiger partial charge on any atom is 0.241 e. The van der Waals surface area contributed by atoms with Gasteiger partial charge in [0.2, 0.25) is 5.91 Å². The van der Waals surface area contributed by atoms with E-state index in [-0.39, 0.29) is 36.3 Å². The number of halogens is 1. The van der Waals surface area contributed by atoms with Crippen LogP contribution >= 0.6 is 12.4 Å². The second kappa shape index (κ2) is 8.67. The molecule has 1 saturated heterocycles. The van der Waals surface area contributed by atoms with Crippen molar-refractivity contribution in [3.05, 3.63) is 65.2 Å². The van der Waals surface area contributed by atoms with Gasteiger partial charge in [0.05, 0.1) is 6.04 Å². The van der Waals surface area contributed by atoms with Gasteiger partial charge in [-0.3, -0.25) is 9.69 Å². The van der Waals surface area contributed by atoms with Gasteiger partial charge in [0.1, 0.15) is 0 Å². The number of rotatable bonds is 4. The molecular weight excluding hydrogens is 346 g/mol. The highest BCUT2D eigenvalue weighted by molar-refractivity contribution is 5.94. The number of carbonyl (C=O) groups excluding carboxylic acids is 1. The molecular formula is C21H28ClN3O. The molecule has 0 aliphatic carbocycles. The molecule has 2 aromatic rings. The smallest absolute Gasteiger partial charge is 0.241 e. The van der Waals surface area contributed by atoms with Crippen molar-refractivity contribution in [1.82, 2.24) is 4.90 Å². The number of carbonyl (C=O) groups is 1. The van der Waals surface area contributed by atoms with E-state index < -0.39 is 0 Å². The van der Waals surface area contributed by atoms with Crippen LogP contribution in [0.2, 0.25) is 0 Å². The number of aryl methyl sites for hydroxylation is 2. The van der Waals surface area contributed by atoms with Gasteiger partial charge in [-0.05, 0) is 49.6 Å². The Morgan fingerprint density at radius 3 is 2.46 bits per heavy atom. The fourth-order valence-electron chi connectivity index (χ4n) is 3.46. The molecule has 0 saturated carbocycles. The van der Waals surface area contributed by atoms with Crippen molar-refractivity contribution in [3.63, 3.8) is 0 Å². The number of nitrogens with one attached hydrogen (secondary N) is 1. The Morgan fingerprint density at radius 2 is 1.81 bits per heavy atom. The maximum absolute atomic E-state index is 12.7. The molecule has 2 aromatic carbocycles. The number of benzene rings is 2. The molecule has 3 N–H and O–H groups in total. The first-order chi connectivity index (χ1) is 12.0. The summed E-state index contributed by atoms with van der Waals surface area (Å²) < 4.78 is 0. The van der Waals surface area contributed by atoms with Crippen LogP contribution in [0.15, 0.2) is 48.5 Å². The number of nitrogens with two attached hydrogens (primary N) is 1. The van der Waals surface area contributed by atoms with Crippen molar-refractivity contribution in [3.8, 4) is 0 Å². The van der Waals surface area contributed by atoms with Gasteiger partial charge in [-0.1, -0.05) is 36.4 Å². The lowest BCUT2D eigenvalue weighted by Crippen LogP contribution is -2.41. The van der Waals surface area contributed by atoms with E-state index in [1.165, 1.54) is 16.7 Å². The maximum atomic E-state index is 12.7. The van der Waals surface area contributed by atoms with Gasteiger partial charge < -0.3 is 11.1 Å². The predicted octanol–water partition coefficient (Wildman–Crippen LogP) is 3.48. The highest BCUT2D eigenvalue weighted by Crippen LogP contribution is 2.28. The molecule has 0 spiro atoms. The van der Waals surface area contributed by atoms with E-state index in [2.05, 4.69) is 36.2 Å². The van der Waals surface area contributed by atoms with E-state index >= 15 is 0 Å². The predicted molar refractivity (Wildman–Crippen MR) is 110 cm³/mol. The fourth-order valence-corrected chi connectivity index (χ4v) is 3.46. The van der Waals surface area contributed by atoms with Crippen LogP contribution in [-0.4, -0.2) is 36.0 Å². The van der Waals surface area contributed by atoms with Crippen LogP contribution in [0.5, 0.6) is 0 Å². The minimum Gasteiger partial charge on any atom is -0.326 e. The Hall–Kier alpha value is -1.88. The molecule has 0 bridgehead atoms. The summed E-state index contributed by atoms with van der Waals surface area (Å²) in [5, 5.41) is 3.03. The second-order valence-electron chi connectivity index (χ2n) is 7.10. The third-order valence-corrected chi connectivity index (χ3v) is 5.32. The van der Waals surface area contributed by atoms with Gasteiger partial charge in [0, 0.05) is 30.7 Å². The lowest BCUT2D eigenvalue weighted by atomic mass is 9.95. The van der Waals surface area contributed by atoms with Crippen molar-refractivity contribution < 1.29 is 4.79 Å². The molecule has 0 radical (unpaired) electrons. The number of likely N-dealkylation sites (tertiary alicyclic amines) is 1. The van der Waals surface area contributed by atoms with E-state index in [0.29, 0.717) is 0 Å². The van der Waals surface area contributed by atoms with Crippen LogP contribution in [0.4, 0.5) is 5.69 Å². The monoisotopic (exact) mass is 373 g/mol. The molecule has 1 aliphatic rings. The zero-order valence-electron chi connectivity index (χ0n) is 15.6. The third kappa shape index (κ3) is 4.44. The summed E-state index contributed by atoms with van der Waals surface area (Å²) in [6, 6.07) is 16.2. The lowest BCUT2D eigenvalue weighted by molar-refractivity contribution is -0.120. The molecule has 1 heterocycles. The summed E-state index contributed by atoms with van der Waals surface area (Å²) >= 11 is 0. The fraction of sp³-hybridized carbons (Fsp3) is 0.381. The summed E-state index contributed by atoms with van der Waals surface area (Å²) in [7, 11) is 0. The summed E-state index contributed by atoms with van der Waals surface area (Å²) in [5.41, 5.74) is 10.9. The quantitative estimate of drug-likeness (QED) is 0.862. The Morgan fingerprint density at radius 1 is 1.12 bits per heavy atom. The van der Waals surface area contributed by atoms with Crippen LogP contribution in [0, 0.1) is 13.8 Å². The molecule has 1 amide bonds. The highest BCUT2D eigenvalue weighted by Gasteiger charge is 2.35. The zero-order chi connectivity index (χ0) is 18.0. The number of nitrogens with zero attached hydrogens (tertiary/aromatic N) is 1. The Bertz CT molecular complexity index is 750. The summed E-state index contributed by atoms with van der Waals surface area (Å²) in [6.45, 7) is 7.63. The van der Waals surface area contributed by atoms with Gasteiger partial charge in [-0.2, -0.15) is 0 Å². The Balaban J connectivity index is 0.00000243. The zero-order valence-corrected chi connectivity index (χ0v) is 16.4. The minimum absolute atomic E-state index is 0. The number of anilines is 1. The molecule has 3 rings (SSSR count). The standard InChI is InChI=1S/C21H27N3O.ClH/c1-14-9-10-18(11-15(14)2)23-21(25)16(3)24-12-19(20(22)13-24)17-7-5-4-6-8-17;/h4-11,16,19-20H,12-13,22H2,1-3H3,(H,23,25);1H/t16?,19-,20+;/m0./s1. The van der Waals surface area contributed by atoms with Crippen molar-refractivity contribution in [1.29, 1.82) is 0 Å². The molecule has 3 atom stereocenters. The van der Waals surface area contributed by atoms with Gasteiger partial charge in [0.25, 0.3) is 0 Å². The largest absolute Gasteiger partial charge is 0.326 e. The van der Waals surface area contributed by atoms with Gasteiger partial charge in [-0.25, -0.2) is 0 Å². The molecule has 1 aliphatic heterocycles. The van der Waals surface area contributed by atoms with E-state index in [9.17, 15) is 4.79 Å². The van der Waals surface area contributed by atoms with Crippen LogP contribution in [0.25, 0.3) is 0 Å². The topological polar surface area (TPSA) is 58.4 Å². The molecule has 4 nitrogen and oxygen atoms in total. The van der Waals surface area contributed by atoms with Crippen molar-refractivity contribution in [2.75, 3.05) is 18.4 Å². The van der Waals surface area contributed by atoms with E-state index in [4.69, 9.17) is 5.73 Å².